The molecule has 1 fully saturated rings. The summed E-state index contributed by atoms with van der Waals surface area (Å²) in [6.07, 6.45) is 0. The monoisotopic (exact) mass is 338 g/mol. The molecule has 1 aliphatic heterocycles. The number of aryl methyl sites for hydroxylation is 1. The van der Waals surface area contributed by atoms with E-state index in [1.165, 1.54) is 0 Å². The Morgan fingerprint density at radius 1 is 1.26 bits per heavy atom. The molecule has 0 saturated carbocycles. The molecule has 0 bridgehead atoms. The highest BCUT2D eigenvalue weighted by atomic mass is 35.5. The van der Waals surface area contributed by atoms with Gasteiger partial charge >= 0.3 is 5.69 Å². The summed E-state index contributed by atoms with van der Waals surface area (Å²) >= 11 is 0. The molecule has 1 aromatic carbocycles. The summed E-state index contributed by atoms with van der Waals surface area (Å²) in [5, 5.41) is 3.32. The molecule has 23 heavy (non-hydrogen) atoms. The Labute approximate surface area is 141 Å². The zero-order valence-electron chi connectivity index (χ0n) is 13.5. The number of hydrogen-bond donors (Lipinski definition) is 1. The number of aromatic nitrogens is 2. The normalized spacial score (nSPS) is 18.0. The molecule has 1 amide bonds. The fraction of sp³-hybridized carbons (Fsp3) is 0.500. The minimum absolute atomic E-state index is 0. The van der Waals surface area contributed by atoms with Crippen molar-refractivity contribution in [3.63, 3.8) is 0 Å². The molecule has 126 valence electrons. The number of piperazine rings is 1. The Kier molecular flexibility index (Phi) is 5.49. The highest BCUT2D eigenvalue weighted by Gasteiger charge is 2.22. The molecule has 7 heteroatoms. The molecule has 1 unspecified atom stereocenters. The van der Waals surface area contributed by atoms with Gasteiger partial charge in [-0.1, -0.05) is 12.1 Å². The molecular formula is C16H23ClN4O2. The van der Waals surface area contributed by atoms with Crippen molar-refractivity contribution in [2.24, 2.45) is 0 Å². The largest absolute Gasteiger partial charge is 0.338 e. The van der Waals surface area contributed by atoms with Crippen LogP contribution in [0.3, 0.4) is 0 Å². The van der Waals surface area contributed by atoms with Crippen LogP contribution in [0.5, 0.6) is 0 Å². The van der Waals surface area contributed by atoms with Crippen LogP contribution in [0, 0.1) is 0 Å². The number of imidazole rings is 1. The maximum atomic E-state index is 12.5. The Morgan fingerprint density at radius 2 is 1.91 bits per heavy atom. The van der Waals surface area contributed by atoms with Crippen LogP contribution in [0.25, 0.3) is 11.0 Å². The molecule has 1 N–H and O–H groups in total. The van der Waals surface area contributed by atoms with Crippen LogP contribution >= 0.6 is 12.4 Å². The van der Waals surface area contributed by atoms with Crippen molar-refractivity contribution in [2.45, 2.75) is 33.0 Å². The van der Waals surface area contributed by atoms with Gasteiger partial charge in [0.25, 0.3) is 0 Å². The standard InChI is InChI=1S/C16H22N4O2.ClH/c1-3-19-13-6-4-5-7-14(13)20(16(19)22)11-15(21)18-9-8-17-12(2)10-18;/h4-7,12,17H,3,8-11H2,1-2H3;1H. The van der Waals surface area contributed by atoms with Gasteiger partial charge in [0, 0.05) is 32.2 Å². The molecule has 2 aromatic rings. The molecule has 0 spiro atoms. The number of para-hydroxylation sites is 2. The minimum Gasteiger partial charge on any atom is -0.338 e. The molecule has 1 atom stereocenters. The van der Waals surface area contributed by atoms with Crippen molar-refractivity contribution in [3.8, 4) is 0 Å². The molecule has 2 heterocycles. The van der Waals surface area contributed by atoms with E-state index < -0.39 is 0 Å². The van der Waals surface area contributed by atoms with E-state index in [1.54, 1.807) is 9.13 Å². The molecular weight excluding hydrogens is 316 g/mol. The summed E-state index contributed by atoms with van der Waals surface area (Å²) < 4.78 is 3.30. The maximum Gasteiger partial charge on any atom is 0.329 e. The Hall–Kier alpha value is -1.79. The fourth-order valence-corrected chi connectivity index (χ4v) is 3.12. The van der Waals surface area contributed by atoms with Crippen molar-refractivity contribution in [2.75, 3.05) is 19.6 Å². The summed E-state index contributed by atoms with van der Waals surface area (Å²) in [6, 6.07) is 7.93. The van der Waals surface area contributed by atoms with E-state index >= 15 is 0 Å². The van der Waals surface area contributed by atoms with Gasteiger partial charge in [-0.15, -0.1) is 12.4 Å². The summed E-state index contributed by atoms with van der Waals surface area (Å²) in [4.78, 5) is 26.9. The van der Waals surface area contributed by atoms with E-state index in [2.05, 4.69) is 12.2 Å². The number of benzene rings is 1. The molecule has 3 rings (SSSR count). The maximum absolute atomic E-state index is 12.5. The Morgan fingerprint density at radius 3 is 2.52 bits per heavy atom. The number of nitrogens with zero attached hydrogens (tertiary/aromatic N) is 3. The average molecular weight is 339 g/mol. The van der Waals surface area contributed by atoms with E-state index in [1.807, 2.05) is 36.1 Å². The lowest BCUT2D eigenvalue weighted by atomic mass is 10.2. The second-order valence-corrected chi connectivity index (χ2v) is 5.80. The predicted octanol–water partition coefficient (Wildman–Crippen LogP) is 1.07. The van der Waals surface area contributed by atoms with Gasteiger partial charge in [-0.3, -0.25) is 13.9 Å². The number of rotatable bonds is 3. The van der Waals surface area contributed by atoms with Crippen molar-refractivity contribution in [1.29, 1.82) is 0 Å². The van der Waals surface area contributed by atoms with Crippen LogP contribution in [0.4, 0.5) is 0 Å². The summed E-state index contributed by atoms with van der Waals surface area (Å²) in [6.45, 7) is 6.92. The van der Waals surface area contributed by atoms with Gasteiger partial charge in [0.1, 0.15) is 6.54 Å². The van der Waals surface area contributed by atoms with Gasteiger partial charge in [0.2, 0.25) is 5.91 Å². The number of halogens is 1. The van der Waals surface area contributed by atoms with Gasteiger partial charge in [0.05, 0.1) is 11.0 Å². The molecule has 1 saturated heterocycles. The molecule has 0 aliphatic carbocycles. The number of carbonyl (C=O) groups excluding carboxylic acids is 1. The number of carbonyl (C=O) groups is 1. The van der Waals surface area contributed by atoms with Crippen LogP contribution in [-0.4, -0.2) is 45.6 Å². The average Bonchev–Trinajstić information content (AvgIpc) is 2.79. The first-order valence-corrected chi connectivity index (χ1v) is 7.81. The van der Waals surface area contributed by atoms with Crippen molar-refractivity contribution in [3.05, 3.63) is 34.7 Å². The second-order valence-electron chi connectivity index (χ2n) is 5.80. The van der Waals surface area contributed by atoms with Gasteiger partial charge in [0.15, 0.2) is 0 Å². The lowest BCUT2D eigenvalue weighted by molar-refractivity contribution is -0.132. The third kappa shape index (κ3) is 3.28. The lowest BCUT2D eigenvalue weighted by Gasteiger charge is -2.32. The SMILES string of the molecule is CCn1c(=O)n(CC(=O)N2CCNC(C)C2)c2ccccc21.Cl. The smallest absolute Gasteiger partial charge is 0.329 e. The number of fused-ring (bicyclic) bond motifs is 1. The van der Waals surface area contributed by atoms with E-state index in [4.69, 9.17) is 0 Å². The van der Waals surface area contributed by atoms with Crippen molar-refractivity contribution < 1.29 is 4.79 Å². The van der Waals surface area contributed by atoms with Crippen LogP contribution in [0.15, 0.2) is 29.1 Å². The number of nitrogens with one attached hydrogen (secondary N) is 1. The predicted molar refractivity (Wildman–Crippen MR) is 93.2 cm³/mol. The first-order chi connectivity index (χ1) is 10.6. The summed E-state index contributed by atoms with van der Waals surface area (Å²) in [5.74, 6) is 0.00876. The van der Waals surface area contributed by atoms with Gasteiger partial charge in [-0.05, 0) is 26.0 Å². The van der Waals surface area contributed by atoms with Crippen molar-refractivity contribution >= 4 is 29.3 Å². The topological polar surface area (TPSA) is 59.3 Å². The van der Waals surface area contributed by atoms with E-state index in [0.29, 0.717) is 25.7 Å². The van der Waals surface area contributed by atoms with Crippen LogP contribution in [0.2, 0.25) is 0 Å². The zero-order chi connectivity index (χ0) is 15.7. The summed E-state index contributed by atoms with van der Waals surface area (Å²) in [7, 11) is 0. The highest BCUT2D eigenvalue weighted by Crippen LogP contribution is 2.13. The first-order valence-electron chi connectivity index (χ1n) is 7.81. The molecule has 0 radical (unpaired) electrons. The highest BCUT2D eigenvalue weighted by molar-refractivity contribution is 5.85. The van der Waals surface area contributed by atoms with Crippen LogP contribution in [-0.2, 0) is 17.9 Å². The third-order valence-corrected chi connectivity index (χ3v) is 4.26. The van der Waals surface area contributed by atoms with Crippen LogP contribution < -0.4 is 11.0 Å². The van der Waals surface area contributed by atoms with Gasteiger partial charge in [-0.2, -0.15) is 0 Å². The quantitative estimate of drug-likeness (QED) is 0.910. The number of hydrogen-bond acceptors (Lipinski definition) is 3. The Bertz CT molecular complexity index is 752. The number of amides is 1. The van der Waals surface area contributed by atoms with Gasteiger partial charge < -0.3 is 10.2 Å². The summed E-state index contributed by atoms with van der Waals surface area (Å²) in [5.41, 5.74) is 1.60. The third-order valence-electron chi connectivity index (χ3n) is 4.26. The lowest BCUT2D eigenvalue weighted by Crippen LogP contribution is -2.52. The van der Waals surface area contributed by atoms with Crippen molar-refractivity contribution in [1.82, 2.24) is 19.4 Å². The molecule has 1 aliphatic rings. The van der Waals surface area contributed by atoms with E-state index in [0.717, 1.165) is 17.6 Å². The molecule has 6 nitrogen and oxygen atoms in total. The minimum atomic E-state index is -0.111. The molecule has 1 aromatic heterocycles. The second kappa shape index (κ2) is 7.19. The Balaban J connectivity index is 0.00000192. The van der Waals surface area contributed by atoms with Gasteiger partial charge in [-0.25, -0.2) is 4.79 Å². The fourth-order valence-electron chi connectivity index (χ4n) is 3.12. The zero-order valence-corrected chi connectivity index (χ0v) is 14.3. The van der Waals surface area contributed by atoms with E-state index in [-0.39, 0.29) is 30.5 Å². The van der Waals surface area contributed by atoms with E-state index in [9.17, 15) is 9.59 Å². The van der Waals surface area contributed by atoms with Crippen LogP contribution in [0.1, 0.15) is 13.8 Å². The first kappa shape index (κ1) is 17.6.